The number of rotatable bonds is 4. The number of hydrogen-bond acceptors (Lipinski definition) is 5. The zero-order valence-electron chi connectivity index (χ0n) is 14.4. The number of ether oxygens (including phenoxy) is 1. The normalized spacial score (nSPS) is 23.0. The van der Waals surface area contributed by atoms with Crippen molar-refractivity contribution in [2.45, 2.75) is 18.4 Å². The Balaban J connectivity index is 0.00000208. The third-order valence-corrected chi connectivity index (χ3v) is 4.93. The number of carboxylic acid groups (broad SMARTS) is 1. The van der Waals surface area contributed by atoms with Crippen LogP contribution in [0, 0.1) is 5.92 Å². The minimum absolute atomic E-state index is 0. The van der Waals surface area contributed by atoms with Gasteiger partial charge in [0.1, 0.15) is 12.4 Å². The number of nitrogens with zero attached hydrogens (tertiary/aromatic N) is 2. The van der Waals surface area contributed by atoms with Crippen molar-refractivity contribution in [3.05, 3.63) is 24.5 Å². The highest BCUT2D eigenvalue weighted by atomic mass is 35.5. The number of carbonyl (C=O) groups is 1. The van der Waals surface area contributed by atoms with Crippen LogP contribution in [0.25, 0.3) is 0 Å². The van der Waals surface area contributed by atoms with Crippen molar-refractivity contribution in [2.75, 3.05) is 39.3 Å². The minimum atomic E-state index is -0.861. The van der Waals surface area contributed by atoms with Gasteiger partial charge in [0.2, 0.25) is 0 Å². The van der Waals surface area contributed by atoms with Gasteiger partial charge in [-0.05, 0) is 44.0 Å². The Labute approximate surface area is 172 Å². The Morgan fingerprint density at radius 2 is 2.00 bits per heavy atom. The van der Waals surface area contributed by atoms with Gasteiger partial charge in [0.05, 0.1) is 11.7 Å². The Hall–Kier alpha value is -0.990. The molecular formula is C16H27Cl3N4O3. The van der Waals surface area contributed by atoms with Gasteiger partial charge in [0.25, 0.3) is 0 Å². The topological polar surface area (TPSA) is 86.7 Å². The fourth-order valence-electron chi connectivity index (χ4n) is 3.71. The molecule has 2 aliphatic heterocycles. The first kappa shape index (κ1) is 25.0. The van der Waals surface area contributed by atoms with Crippen LogP contribution in [-0.4, -0.2) is 66.0 Å². The highest BCUT2D eigenvalue weighted by Gasteiger charge is 2.48. The summed E-state index contributed by atoms with van der Waals surface area (Å²) in [4.78, 5) is 17.5. The molecule has 0 aromatic carbocycles. The van der Waals surface area contributed by atoms with Crippen molar-refractivity contribution < 1.29 is 14.6 Å². The number of piperidine rings is 1. The molecule has 0 spiro atoms. The van der Waals surface area contributed by atoms with E-state index >= 15 is 0 Å². The number of piperazine rings is 1. The monoisotopic (exact) mass is 428 g/mol. The Kier molecular flexibility index (Phi) is 11.2. The zero-order valence-corrected chi connectivity index (χ0v) is 16.9. The van der Waals surface area contributed by atoms with E-state index in [2.05, 4.69) is 15.6 Å². The van der Waals surface area contributed by atoms with Crippen LogP contribution in [0.3, 0.4) is 0 Å². The standard InChI is InChI=1S/C16H24N4O3.3ClH/c21-15(22)20-9-8-19-11-16(20,13-3-6-17-7-4-13)12-23-14-2-1-5-18-10-14;;;/h1-2,5,10,13,17,19H,3-4,6-9,11-12H2,(H,21,22);3*1H. The second-order valence-electron chi connectivity index (χ2n) is 6.22. The lowest BCUT2D eigenvalue weighted by molar-refractivity contribution is -0.0224. The third kappa shape index (κ3) is 5.50. The summed E-state index contributed by atoms with van der Waals surface area (Å²) in [6.45, 7) is 4.01. The first-order valence-electron chi connectivity index (χ1n) is 8.17. The number of aromatic nitrogens is 1. The van der Waals surface area contributed by atoms with E-state index in [-0.39, 0.29) is 43.1 Å². The second kappa shape index (κ2) is 11.7. The van der Waals surface area contributed by atoms with Crippen LogP contribution in [0.2, 0.25) is 0 Å². The van der Waals surface area contributed by atoms with Crippen LogP contribution in [0.4, 0.5) is 4.79 Å². The first-order valence-corrected chi connectivity index (χ1v) is 8.17. The SMILES string of the molecule is Cl.Cl.Cl.O=C(O)N1CCNCC1(COc1cccnc1)C1CCNCC1. The summed E-state index contributed by atoms with van der Waals surface area (Å²) in [5.74, 6) is 0.959. The molecule has 0 saturated carbocycles. The summed E-state index contributed by atoms with van der Waals surface area (Å²) >= 11 is 0. The van der Waals surface area contributed by atoms with Gasteiger partial charge in [0, 0.05) is 25.8 Å². The minimum Gasteiger partial charge on any atom is -0.489 e. The smallest absolute Gasteiger partial charge is 0.407 e. The largest absolute Gasteiger partial charge is 0.489 e. The lowest BCUT2D eigenvalue weighted by atomic mass is 9.76. The fourth-order valence-corrected chi connectivity index (χ4v) is 3.71. The van der Waals surface area contributed by atoms with Crippen LogP contribution in [-0.2, 0) is 0 Å². The molecule has 7 nitrogen and oxygen atoms in total. The molecule has 2 fully saturated rings. The van der Waals surface area contributed by atoms with E-state index < -0.39 is 11.6 Å². The van der Waals surface area contributed by atoms with Gasteiger partial charge >= 0.3 is 6.09 Å². The Morgan fingerprint density at radius 3 is 2.62 bits per heavy atom. The summed E-state index contributed by atoms with van der Waals surface area (Å²) in [6, 6.07) is 3.67. The van der Waals surface area contributed by atoms with E-state index in [9.17, 15) is 9.90 Å². The molecule has 2 saturated heterocycles. The lowest BCUT2D eigenvalue weighted by Gasteiger charge is -2.51. The van der Waals surface area contributed by atoms with Crippen molar-refractivity contribution in [1.82, 2.24) is 20.5 Å². The van der Waals surface area contributed by atoms with E-state index in [0.29, 0.717) is 32.0 Å². The summed E-state index contributed by atoms with van der Waals surface area (Å²) in [7, 11) is 0. The maximum absolute atomic E-state index is 11.8. The number of amides is 1. The molecule has 1 aromatic heterocycles. The van der Waals surface area contributed by atoms with Crippen molar-refractivity contribution in [3.8, 4) is 5.75 Å². The molecule has 3 rings (SSSR count). The van der Waals surface area contributed by atoms with Gasteiger partial charge in [-0.25, -0.2) is 4.79 Å². The van der Waals surface area contributed by atoms with E-state index in [4.69, 9.17) is 4.74 Å². The van der Waals surface area contributed by atoms with Crippen LogP contribution >= 0.6 is 37.2 Å². The molecule has 3 heterocycles. The molecule has 0 bridgehead atoms. The molecule has 3 N–H and O–H groups in total. The first-order chi connectivity index (χ1) is 11.2. The average molecular weight is 430 g/mol. The van der Waals surface area contributed by atoms with Crippen LogP contribution in [0.5, 0.6) is 5.75 Å². The molecular weight excluding hydrogens is 403 g/mol. The number of pyridine rings is 1. The lowest BCUT2D eigenvalue weighted by Crippen LogP contribution is -2.69. The van der Waals surface area contributed by atoms with Crippen molar-refractivity contribution in [2.24, 2.45) is 5.92 Å². The van der Waals surface area contributed by atoms with Gasteiger partial charge in [0.15, 0.2) is 0 Å². The van der Waals surface area contributed by atoms with Gasteiger partial charge in [-0.15, -0.1) is 37.2 Å². The van der Waals surface area contributed by atoms with Crippen LogP contribution in [0.15, 0.2) is 24.5 Å². The predicted octanol–water partition coefficient (Wildman–Crippen LogP) is 2.05. The fraction of sp³-hybridized carbons (Fsp3) is 0.625. The number of nitrogens with one attached hydrogen (secondary N) is 2. The summed E-state index contributed by atoms with van der Waals surface area (Å²) in [5.41, 5.74) is -0.526. The Bertz CT molecular complexity index is 535. The van der Waals surface area contributed by atoms with Gasteiger partial charge in [-0.1, -0.05) is 0 Å². The molecule has 1 amide bonds. The molecule has 0 radical (unpaired) electrons. The van der Waals surface area contributed by atoms with E-state index in [1.165, 1.54) is 0 Å². The quantitative estimate of drug-likeness (QED) is 0.679. The number of hydrogen-bond donors (Lipinski definition) is 3. The maximum atomic E-state index is 11.8. The predicted molar refractivity (Wildman–Crippen MR) is 107 cm³/mol. The molecule has 26 heavy (non-hydrogen) atoms. The third-order valence-electron chi connectivity index (χ3n) is 4.93. The molecule has 0 aliphatic carbocycles. The zero-order chi connectivity index (χ0) is 16.1. The van der Waals surface area contributed by atoms with Crippen molar-refractivity contribution in [1.29, 1.82) is 0 Å². The van der Waals surface area contributed by atoms with E-state index in [1.807, 2.05) is 12.1 Å². The molecule has 150 valence electrons. The van der Waals surface area contributed by atoms with Gasteiger partial charge < -0.3 is 20.5 Å². The summed E-state index contributed by atoms with van der Waals surface area (Å²) in [5, 5.41) is 16.4. The average Bonchev–Trinajstić information content (AvgIpc) is 2.61. The highest BCUT2D eigenvalue weighted by molar-refractivity contribution is 5.86. The van der Waals surface area contributed by atoms with E-state index in [1.54, 1.807) is 17.3 Å². The maximum Gasteiger partial charge on any atom is 0.407 e. The molecule has 1 unspecified atom stereocenters. The summed E-state index contributed by atoms with van der Waals surface area (Å²) in [6.07, 6.45) is 4.42. The number of halogens is 3. The molecule has 10 heteroatoms. The van der Waals surface area contributed by atoms with Crippen LogP contribution in [0.1, 0.15) is 12.8 Å². The van der Waals surface area contributed by atoms with E-state index in [0.717, 1.165) is 25.9 Å². The Morgan fingerprint density at radius 1 is 1.27 bits per heavy atom. The van der Waals surface area contributed by atoms with Crippen molar-refractivity contribution in [3.63, 3.8) is 0 Å². The van der Waals surface area contributed by atoms with Gasteiger partial charge in [-0.2, -0.15) is 0 Å². The molecule has 1 aromatic rings. The summed E-state index contributed by atoms with van der Waals surface area (Å²) < 4.78 is 5.95. The molecule has 2 aliphatic rings. The highest BCUT2D eigenvalue weighted by Crippen LogP contribution is 2.34. The van der Waals surface area contributed by atoms with Gasteiger partial charge in [-0.3, -0.25) is 9.88 Å². The second-order valence-corrected chi connectivity index (χ2v) is 6.22. The van der Waals surface area contributed by atoms with Crippen LogP contribution < -0.4 is 15.4 Å². The molecule has 1 atom stereocenters. The van der Waals surface area contributed by atoms with Crippen molar-refractivity contribution >= 4 is 43.3 Å².